The number of phosphoric acid groups is 1. The topological polar surface area (TPSA) is 149 Å². The number of rotatable bonds is 42. The van der Waals surface area contributed by atoms with E-state index in [9.17, 15) is 24.2 Å². The Morgan fingerprint density at radius 1 is 0.545 bits per heavy atom. The number of hydrogen-bond donors (Lipinski definition) is 3. The lowest BCUT2D eigenvalue weighted by atomic mass is 10.0. The van der Waals surface area contributed by atoms with Crippen LogP contribution in [0.4, 0.5) is 0 Å². The van der Waals surface area contributed by atoms with Gasteiger partial charge in [0.1, 0.15) is 12.7 Å². The quantitative estimate of drug-likeness (QED) is 0.0236. The predicted molar refractivity (Wildman–Crippen MR) is 224 cm³/mol. The molecule has 11 heteroatoms. The summed E-state index contributed by atoms with van der Waals surface area (Å²) < 4.78 is 32.7. The molecule has 0 aliphatic rings. The first-order chi connectivity index (χ1) is 26.7. The van der Waals surface area contributed by atoms with E-state index < -0.39 is 51.8 Å². The number of carbonyl (C=O) groups excluding carboxylic acids is 2. The van der Waals surface area contributed by atoms with Gasteiger partial charge in [0.25, 0.3) is 0 Å². The normalized spacial score (nSPS) is 14.1. The minimum absolute atomic E-state index is 0.171. The zero-order valence-electron chi connectivity index (χ0n) is 35.2. The second-order valence-electron chi connectivity index (χ2n) is 15.1. The third-order valence-corrected chi connectivity index (χ3v) is 10.6. The molecule has 0 aliphatic heterocycles. The van der Waals surface area contributed by atoms with E-state index in [0.29, 0.717) is 12.8 Å². The van der Waals surface area contributed by atoms with Crippen molar-refractivity contribution < 1.29 is 47.8 Å². The van der Waals surface area contributed by atoms with Crippen molar-refractivity contribution in [2.75, 3.05) is 26.4 Å². The maximum absolute atomic E-state index is 12.6. The zero-order valence-corrected chi connectivity index (χ0v) is 36.0. The molecule has 0 aromatic carbocycles. The average molecular weight is 803 g/mol. The number of ether oxygens (including phenoxy) is 2. The average Bonchev–Trinajstić information content (AvgIpc) is 3.17. The van der Waals surface area contributed by atoms with Gasteiger partial charge in [-0.1, -0.05) is 179 Å². The highest BCUT2D eigenvalue weighted by atomic mass is 31.2. The molecule has 324 valence electrons. The van der Waals surface area contributed by atoms with Gasteiger partial charge in [-0.2, -0.15) is 0 Å². The van der Waals surface area contributed by atoms with Crippen LogP contribution in [0.5, 0.6) is 0 Å². The Bertz CT molecular complexity index is 972. The highest BCUT2D eigenvalue weighted by Gasteiger charge is 2.27. The fourth-order valence-electron chi connectivity index (χ4n) is 6.13. The van der Waals surface area contributed by atoms with E-state index in [2.05, 4.69) is 42.7 Å². The van der Waals surface area contributed by atoms with Crippen molar-refractivity contribution >= 4 is 19.8 Å². The highest BCUT2D eigenvalue weighted by molar-refractivity contribution is 7.47. The maximum atomic E-state index is 12.6. The van der Waals surface area contributed by atoms with Crippen LogP contribution in [0.2, 0.25) is 0 Å². The number of unbranched alkanes of at least 4 members (excludes halogenated alkanes) is 24. The molecular formula is C44H83O10P. The molecule has 0 aliphatic carbocycles. The van der Waals surface area contributed by atoms with Crippen molar-refractivity contribution in [1.29, 1.82) is 0 Å². The Balaban J connectivity index is 4.25. The largest absolute Gasteiger partial charge is 0.472 e. The molecule has 0 bridgehead atoms. The van der Waals surface area contributed by atoms with Crippen molar-refractivity contribution in [3.05, 3.63) is 24.3 Å². The first-order valence-electron chi connectivity index (χ1n) is 22.3. The Kier molecular flexibility index (Phi) is 39.5. The minimum Gasteiger partial charge on any atom is -0.462 e. The van der Waals surface area contributed by atoms with Gasteiger partial charge in [-0.25, -0.2) is 4.57 Å². The van der Waals surface area contributed by atoms with Gasteiger partial charge in [-0.05, 0) is 38.5 Å². The molecule has 0 saturated heterocycles. The molecule has 0 rings (SSSR count). The van der Waals surface area contributed by atoms with Gasteiger partial charge in [0.2, 0.25) is 0 Å². The highest BCUT2D eigenvalue weighted by Crippen LogP contribution is 2.43. The molecule has 0 amide bonds. The summed E-state index contributed by atoms with van der Waals surface area (Å²) in [7, 11) is -4.62. The standard InChI is InChI=1S/C44H83O10P/c1-3-5-7-9-11-13-15-17-19-20-21-22-24-25-27-29-31-33-35-43(47)51-39-42(40-53-55(49,50)52-38-41(46)37-45)54-44(48)36-34-32-30-28-26-23-18-16-14-12-10-8-6-4-2/h10,12,16,18,41-42,45-46H,3-9,11,13-15,17,19-40H2,1-2H3,(H,49,50)/b12-10-,18-16-. The fraction of sp³-hybridized carbons (Fsp3) is 0.864. The lowest BCUT2D eigenvalue weighted by Gasteiger charge is -2.20. The summed E-state index contributed by atoms with van der Waals surface area (Å²) in [5.74, 6) is -0.933. The van der Waals surface area contributed by atoms with E-state index in [-0.39, 0.29) is 19.4 Å². The third-order valence-electron chi connectivity index (χ3n) is 9.61. The fourth-order valence-corrected chi connectivity index (χ4v) is 6.92. The minimum atomic E-state index is -4.62. The lowest BCUT2D eigenvalue weighted by Crippen LogP contribution is -2.29. The van der Waals surface area contributed by atoms with Gasteiger partial charge in [0, 0.05) is 12.8 Å². The number of carbonyl (C=O) groups is 2. The summed E-state index contributed by atoms with van der Waals surface area (Å²) in [6.07, 6.45) is 40.0. The monoisotopic (exact) mass is 803 g/mol. The maximum Gasteiger partial charge on any atom is 0.472 e. The van der Waals surface area contributed by atoms with Gasteiger partial charge < -0.3 is 24.6 Å². The van der Waals surface area contributed by atoms with Gasteiger partial charge in [0.15, 0.2) is 6.10 Å². The van der Waals surface area contributed by atoms with Gasteiger partial charge >= 0.3 is 19.8 Å². The van der Waals surface area contributed by atoms with Gasteiger partial charge in [-0.3, -0.25) is 18.6 Å². The molecule has 0 spiro atoms. The smallest absolute Gasteiger partial charge is 0.462 e. The second kappa shape index (κ2) is 40.6. The Morgan fingerprint density at radius 2 is 0.964 bits per heavy atom. The number of esters is 2. The summed E-state index contributed by atoms with van der Waals surface area (Å²) in [6.45, 7) is 2.35. The number of hydrogen-bond acceptors (Lipinski definition) is 9. The Morgan fingerprint density at radius 3 is 1.45 bits per heavy atom. The molecule has 0 saturated carbocycles. The molecule has 0 fully saturated rings. The molecule has 10 nitrogen and oxygen atoms in total. The summed E-state index contributed by atoms with van der Waals surface area (Å²) in [6, 6.07) is 0. The van der Waals surface area contributed by atoms with E-state index in [4.69, 9.17) is 19.1 Å². The summed E-state index contributed by atoms with van der Waals surface area (Å²) in [5.41, 5.74) is 0. The first kappa shape index (κ1) is 53.5. The summed E-state index contributed by atoms with van der Waals surface area (Å²) >= 11 is 0. The Hall–Kier alpha value is -1.55. The molecule has 0 aromatic heterocycles. The van der Waals surface area contributed by atoms with Crippen LogP contribution in [0, 0.1) is 0 Å². The SMILES string of the molecule is CCCC/C=C\C/C=C\CCCCCCCC(=O)OC(COC(=O)CCCCCCCCCCCCCCCCCCCC)COP(=O)(O)OCC(O)CO. The van der Waals surface area contributed by atoms with Crippen LogP contribution in [0.3, 0.4) is 0 Å². The molecule has 3 atom stereocenters. The molecular weight excluding hydrogens is 719 g/mol. The van der Waals surface area contributed by atoms with E-state index in [0.717, 1.165) is 64.2 Å². The molecule has 0 aromatic rings. The molecule has 3 N–H and O–H groups in total. The van der Waals surface area contributed by atoms with Crippen molar-refractivity contribution in [3.63, 3.8) is 0 Å². The van der Waals surface area contributed by atoms with Crippen molar-refractivity contribution in [1.82, 2.24) is 0 Å². The number of aliphatic hydroxyl groups excluding tert-OH is 2. The second-order valence-corrected chi connectivity index (χ2v) is 16.5. The zero-order chi connectivity index (χ0) is 40.5. The van der Waals surface area contributed by atoms with E-state index in [1.807, 2.05) is 0 Å². The van der Waals surface area contributed by atoms with Crippen LogP contribution in [-0.4, -0.2) is 65.7 Å². The molecule has 0 radical (unpaired) electrons. The number of aliphatic hydroxyl groups is 2. The number of phosphoric ester groups is 1. The van der Waals surface area contributed by atoms with Crippen molar-refractivity contribution in [2.24, 2.45) is 0 Å². The van der Waals surface area contributed by atoms with E-state index >= 15 is 0 Å². The lowest BCUT2D eigenvalue weighted by molar-refractivity contribution is -0.161. The molecule has 0 heterocycles. The van der Waals surface area contributed by atoms with Crippen LogP contribution >= 0.6 is 7.82 Å². The molecule has 55 heavy (non-hydrogen) atoms. The van der Waals surface area contributed by atoms with Crippen LogP contribution < -0.4 is 0 Å². The summed E-state index contributed by atoms with van der Waals surface area (Å²) in [5, 5.41) is 18.3. The van der Waals surface area contributed by atoms with Crippen LogP contribution in [0.25, 0.3) is 0 Å². The van der Waals surface area contributed by atoms with Crippen molar-refractivity contribution in [2.45, 2.75) is 219 Å². The summed E-state index contributed by atoms with van der Waals surface area (Å²) in [4.78, 5) is 35.0. The number of allylic oxidation sites excluding steroid dienone is 4. The third kappa shape index (κ3) is 40.4. The van der Waals surface area contributed by atoms with Gasteiger partial charge in [0.05, 0.1) is 19.8 Å². The van der Waals surface area contributed by atoms with Gasteiger partial charge in [-0.15, -0.1) is 0 Å². The van der Waals surface area contributed by atoms with Crippen LogP contribution in [-0.2, 0) is 32.7 Å². The first-order valence-corrected chi connectivity index (χ1v) is 23.8. The molecule has 3 unspecified atom stereocenters. The van der Waals surface area contributed by atoms with Crippen LogP contribution in [0.15, 0.2) is 24.3 Å². The Labute approximate surface area is 336 Å². The predicted octanol–water partition coefficient (Wildman–Crippen LogP) is 11.8. The van der Waals surface area contributed by atoms with E-state index in [1.54, 1.807) is 0 Å². The van der Waals surface area contributed by atoms with Crippen molar-refractivity contribution in [3.8, 4) is 0 Å². The van der Waals surface area contributed by atoms with E-state index in [1.165, 1.54) is 103 Å². The van der Waals surface area contributed by atoms with Crippen LogP contribution in [0.1, 0.15) is 206 Å².